The quantitative estimate of drug-likeness (QED) is 0.815. The maximum atomic E-state index is 13.4. The SMILES string of the molecule is CNC(=O)c1ccnc(NC(=O)N2CCC3(CCc4cc(F)ccc4O3)CC2)c1. The van der Waals surface area contributed by atoms with Crippen LogP contribution in [0.25, 0.3) is 0 Å². The van der Waals surface area contributed by atoms with Crippen molar-refractivity contribution >= 4 is 17.8 Å². The lowest BCUT2D eigenvalue weighted by Gasteiger charge is -2.44. The molecule has 2 aliphatic heterocycles. The average Bonchev–Trinajstić information content (AvgIpc) is 2.74. The van der Waals surface area contributed by atoms with Crippen molar-refractivity contribution in [2.75, 3.05) is 25.5 Å². The summed E-state index contributed by atoms with van der Waals surface area (Å²) in [5, 5.41) is 5.30. The molecule has 0 atom stereocenters. The van der Waals surface area contributed by atoms with Crippen molar-refractivity contribution < 1.29 is 18.7 Å². The molecule has 0 unspecified atom stereocenters. The number of anilines is 1. The van der Waals surface area contributed by atoms with Gasteiger partial charge in [-0.1, -0.05) is 0 Å². The molecular formula is C21H23FN4O3. The van der Waals surface area contributed by atoms with E-state index in [1.54, 1.807) is 30.1 Å². The number of fused-ring (bicyclic) bond motifs is 1. The Morgan fingerprint density at radius 1 is 1.17 bits per heavy atom. The van der Waals surface area contributed by atoms with Gasteiger partial charge >= 0.3 is 6.03 Å². The van der Waals surface area contributed by atoms with Crippen LogP contribution in [0.2, 0.25) is 0 Å². The number of hydrogen-bond donors (Lipinski definition) is 2. The van der Waals surface area contributed by atoms with Gasteiger partial charge < -0.3 is 15.0 Å². The van der Waals surface area contributed by atoms with Crippen LogP contribution in [0.4, 0.5) is 15.0 Å². The molecule has 2 aromatic rings. The number of benzene rings is 1. The topological polar surface area (TPSA) is 83.6 Å². The molecule has 0 saturated carbocycles. The molecule has 1 spiro atoms. The van der Waals surface area contributed by atoms with E-state index < -0.39 is 0 Å². The van der Waals surface area contributed by atoms with Gasteiger partial charge in [0.05, 0.1) is 0 Å². The Kier molecular flexibility index (Phi) is 5.08. The number of piperidine rings is 1. The summed E-state index contributed by atoms with van der Waals surface area (Å²) in [4.78, 5) is 30.2. The maximum Gasteiger partial charge on any atom is 0.323 e. The fraction of sp³-hybridized carbons (Fsp3) is 0.381. The number of nitrogens with zero attached hydrogens (tertiary/aromatic N) is 2. The minimum atomic E-state index is -0.307. The van der Waals surface area contributed by atoms with Crippen LogP contribution in [0.3, 0.4) is 0 Å². The number of nitrogens with one attached hydrogen (secondary N) is 2. The minimum Gasteiger partial charge on any atom is -0.487 e. The largest absolute Gasteiger partial charge is 0.487 e. The molecule has 1 aromatic heterocycles. The molecule has 4 rings (SSSR count). The average molecular weight is 398 g/mol. The standard InChI is InChI=1S/C21H23FN4O3/c1-23-19(27)15-5-9-24-18(13-15)25-20(28)26-10-7-21(8-11-26)6-4-14-12-16(22)2-3-17(14)29-21/h2-3,5,9,12-13H,4,6-8,10-11H2,1H3,(H,23,27)(H,24,25,28). The van der Waals surface area contributed by atoms with Crippen molar-refractivity contribution in [2.45, 2.75) is 31.3 Å². The van der Waals surface area contributed by atoms with E-state index in [1.165, 1.54) is 18.3 Å². The van der Waals surface area contributed by atoms with Gasteiger partial charge in [-0.2, -0.15) is 0 Å². The summed E-state index contributed by atoms with van der Waals surface area (Å²) in [7, 11) is 1.55. The number of ether oxygens (including phenoxy) is 1. The highest BCUT2D eigenvalue weighted by Gasteiger charge is 2.40. The van der Waals surface area contributed by atoms with E-state index in [0.29, 0.717) is 37.3 Å². The number of aromatic nitrogens is 1. The Bertz CT molecular complexity index is 941. The number of carbonyl (C=O) groups is 2. The van der Waals surface area contributed by atoms with Crippen molar-refractivity contribution in [3.8, 4) is 5.75 Å². The maximum absolute atomic E-state index is 13.4. The van der Waals surface area contributed by atoms with Crippen LogP contribution in [0.5, 0.6) is 5.75 Å². The summed E-state index contributed by atoms with van der Waals surface area (Å²) >= 11 is 0. The Morgan fingerprint density at radius 2 is 1.97 bits per heavy atom. The first kappa shape index (κ1) is 19.2. The Hall–Kier alpha value is -3.16. The Balaban J connectivity index is 1.37. The Labute approximate surface area is 168 Å². The monoisotopic (exact) mass is 398 g/mol. The summed E-state index contributed by atoms with van der Waals surface area (Å²) < 4.78 is 19.6. The predicted molar refractivity (Wildman–Crippen MR) is 106 cm³/mol. The van der Waals surface area contributed by atoms with E-state index in [1.807, 2.05) is 0 Å². The molecule has 1 aromatic carbocycles. The molecule has 0 aliphatic carbocycles. The van der Waals surface area contributed by atoms with Crippen LogP contribution < -0.4 is 15.4 Å². The highest BCUT2D eigenvalue weighted by Crippen LogP contribution is 2.39. The lowest BCUT2D eigenvalue weighted by atomic mass is 9.83. The summed E-state index contributed by atoms with van der Waals surface area (Å²) in [6.45, 7) is 1.11. The lowest BCUT2D eigenvalue weighted by molar-refractivity contribution is -0.00448. The van der Waals surface area contributed by atoms with Crippen molar-refractivity contribution in [2.24, 2.45) is 0 Å². The minimum absolute atomic E-state index is 0.238. The second kappa shape index (κ2) is 7.69. The number of amides is 3. The van der Waals surface area contributed by atoms with Crippen molar-refractivity contribution in [3.63, 3.8) is 0 Å². The van der Waals surface area contributed by atoms with Gasteiger partial charge in [-0.3, -0.25) is 10.1 Å². The van der Waals surface area contributed by atoms with Crippen molar-refractivity contribution in [1.29, 1.82) is 0 Å². The van der Waals surface area contributed by atoms with E-state index in [0.717, 1.165) is 24.2 Å². The number of aryl methyl sites for hydroxylation is 1. The first-order valence-corrected chi connectivity index (χ1v) is 9.69. The normalized spacial score (nSPS) is 17.2. The fourth-order valence-corrected chi connectivity index (χ4v) is 3.93. The molecule has 3 heterocycles. The van der Waals surface area contributed by atoms with E-state index in [-0.39, 0.29) is 23.4 Å². The van der Waals surface area contributed by atoms with Gasteiger partial charge in [0.25, 0.3) is 5.91 Å². The van der Waals surface area contributed by atoms with Crippen molar-refractivity contribution in [3.05, 3.63) is 53.5 Å². The third kappa shape index (κ3) is 4.01. The summed E-state index contributed by atoms with van der Waals surface area (Å²) in [5.74, 6) is 0.591. The molecule has 2 aliphatic rings. The second-order valence-corrected chi connectivity index (χ2v) is 7.46. The van der Waals surface area contributed by atoms with Gasteiger partial charge in [-0.15, -0.1) is 0 Å². The zero-order chi connectivity index (χ0) is 20.4. The summed E-state index contributed by atoms with van der Waals surface area (Å²) in [6, 6.07) is 7.52. The van der Waals surface area contributed by atoms with Crippen LogP contribution in [0.15, 0.2) is 36.5 Å². The number of halogens is 1. The highest BCUT2D eigenvalue weighted by atomic mass is 19.1. The number of carbonyl (C=O) groups excluding carboxylic acids is 2. The van der Waals surface area contributed by atoms with Gasteiger partial charge in [-0.05, 0) is 48.7 Å². The van der Waals surface area contributed by atoms with E-state index >= 15 is 0 Å². The van der Waals surface area contributed by atoms with Crippen LogP contribution in [0.1, 0.15) is 35.2 Å². The van der Waals surface area contributed by atoms with Crippen LogP contribution in [-0.2, 0) is 6.42 Å². The molecule has 2 N–H and O–H groups in total. The molecule has 0 radical (unpaired) electrons. The zero-order valence-electron chi connectivity index (χ0n) is 16.2. The molecule has 29 heavy (non-hydrogen) atoms. The van der Waals surface area contributed by atoms with E-state index in [9.17, 15) is 14.0 Å². The number of hydrogen-bond acceptors (Lipinski definition) is 4. The third-order valence-electron chi connectivity index (χ3n) is 5.65. The third-order valence-corrected chi connectivity index (χ3v) is 5.65. The second-order valence-electron chi connectivity index (χ2n) is 7.46. The number of rotatable bonds is 2. The van der Waals surface area contributed by atoms with Gasteiger partial charge in [0.2, 0.25) is 0 Å². The number of likely N-dealkylation sites (tertiary alicyclic amines) is 1. The molecule has 1 saturated heterocycles. The van der Waals surface area contributed by atoms with E-state index in [2.05, 4.69) is 15.6 Å². The van der Waals surface area contributed by atoms with Gasteiger partial charge in [-0.25, -0.2) is 14.2 Å². The fourth-order valence-electron chi connectivity index (χ4n) is 3.93. The molecule has 3 amide bonds. The molecule has 7 nitrogen and oxygen atoms in total. The van der Waals surface area contributed by atoms with Gasteiger partial charge in [0.15, 0.2) is 0 Å². The smallest absolute Gasteiger partial charge is 0.323 e. The zero-order valence-corrected chi connectivity index (χ0v) is 16.2. The summed E-state index contributed by atoms with van der Waals surface area (Å²) in [5.41, 5.74) is 1.03. The van der Waals surface area contributed by atoms with Crippen LogP contribution >= 0.6 is 0 Å². The predicted octanol–water partition coefficient (Wildman–Crippen LogP) is 2.97. The molecule has 0 bridgehead atoms. The van der Waals surface area contributed by atoms with Crippen LogP contribution in [0, 0.1) is 5.82 Å². The Morgan fingerprint density at radius 3 is 2.72 bits per heavy atom. The number of urea groups is 1. The van der Waals surface area contributed by atoms with Crippen molar-refractivity contribution in [1.82, 2.24) is 15.2 Å². The summed E-state index contributed by atoms with van der Waals surface area (Å²) in [6.07, 6.45) is 4.50. The molecule has 1 fully saturated rings. The van der Waals surface area contributed by atoms with E-state index in [4.69, 9.17) is 4.74 Å². The van der Waals surface area contributed by atoms with Crippen LogP contribution in [-0.4, -0.2) is 47.6 Å². The molecule has 152 valence electrons. The first-order chi connectivity index (χ1) is 14.0. The first-order valence-electron chi connectivity index (χ1n) is 9.69. The lowest BCUT2D eigenvalue weighted by Crippen LogP contribution is -2.52. The highest BCUT2D eigenvalue weighted by molar-refractivity contribution is 5.96. The number of pyridine rings is 1. The molecular weight excluding hydrogens is 375 g/mol. The molecule has 8 heteroatoms. The van der Waals surface area contributed by atoms with Gasteiger partial charge in [0, 0.05) is 44.7 Å². The van der Waals surface area contributed by atoms with Gasteiger partial charge in [0.1, 0.15) is 23.0 Å².